The van der Waals surface area contributed by atoms with Gasteiger partial charge in [-0.15, -0.1) is 0 Å². The molecule has 23 heavy (non-hydrogen) atoms. The Labute approximate surface area is 131 Å². The summed E-state index contributed by atoms with van der Waals surface area (Å²) in [6, 6.07) is 2.47. The van der Waals surface area contributed by atoms with E-state index in [0.717, 1.165) is 25.2 Å². The van der Waals surface area contributed by atoms with Crippen molar-refractivity contribution in [1.82, 2.24) is 15.0 Å². The Kier molecular flexibility index (Phi) is 4.31. The highest BCUT2D eigenvalue weighted by atomic mass is 19.4. The van der Waals surface area contributed by atoms with Crippen LogP contribution in [-0.4, -0.2) is 34.6 Å². The van der Waals surface area contributed by atoms with Crippen LogP contribution in [0.5, 0.6) is 5.88 Å². The largest absolute Gasteiger partial charge is 0.476 e. The molecule has 5 nitrogen and oxygen atoms in total. The van der Waals surface area contributed by atoms with Crippen LogP contribution in [0.25, 0.3) is 0 Å². The van der Waals surface area contributed by atoms with Gasteiger partial charge < -0.3 is 9.64 Å². The lowest BCUT2D eigenvalue weighted by Crippen LogP contribution is -2.23. The fourth-order valence-corrected chi connectivity index (χ4v) is 2.48. The van der Waals surface area contributed by atoms with E-state index in [9.17, 15) is 13.2 Å². The van der Waals surface area contributed by atoms with Crippen LogP contribution in [-0.2, 0) is 6.18 Å². The van der Waals surface area contributed by atoms with E-state index in [2.05, 4.69) is 15.0 Å². The molecule has 1 fully saturated rings. The van der Waals surface area contributed by atoms with Crippen LogP contribution in [0.3, 0.4) is 0 Å². The van der Waals surface area contributed by atoms with Crippen molar-refractivity contribution >= 4 is 5.82 Å². The van der Waals surface area contributed by atoms with Gasteiger partial charge in [0.25, 0.3) is 0 Å². The fourth-order valence-electron chi connectivity index (χ4n) is 2.48. The molecule has 1 unspecified atom stereocenters. The average molecular weight is 324 g/mol. The summed E-state index contributed by atoms with van der Waals surface area (Å²) in [5.74, 6) is 1.31. The topological polar surface area (TPSA) is 51.1 Å². The molecule has 1 aliphatic heterocycles. The highest BCUT2D eigenvalue weighted by molar-refractivity contribution is 5.41. The zero-order chi connectivity index (χ0) is 16.3. The van der Waals surface area contributed by atoms with E-state index in [1.807, 2.05) is 4.90 Å². The van der Waals surface area contributed by atoms with Crippen molar-refractivity contribution in [2.24, 2.45) is 5.92 Å². The van der Waals surface area contributed by atoms with Gasteiger partial charge in [-0.05, 0) is 18.6 Å². The zero-order valence-electron chi connectivity index (χ0n) is 12.2. The zero-order valence-corrected chi connectivity index (χ0v) is 12.2. The van der Waals surface area contributed by atoms with Crippen LogP contribution in [0.15, 0.2) is 36.9 Å². The maximum atomic E-state index is 12.5. The average Bonchev–Trinajstić information content (AvgIpc) is 3.02. The highest BCUT2D eigenvalue weighted by Gasteiger charge is 2.31. The van der Waals surface area contributed by atoms with E-state index in [4.69, 9.17) is 4.74 Å². The van der Waals surface area contributed by atoms with Crippen LogP contribution in [0.4, 0.5) is 19.0 Å². The molecule has 0 radical (unpaired) electrons. The number of halogens is 3. The molecule has 0 bridgehead atoms. The summed E-state index contributed by atoms with van der Waals surface area (Å²) >= 11 is 0. The first-order valence-electron chi connectivity index (χ1n) is 7.19. The molecular weight excluding hydrogens is 309 g/mol. The van der Waals surface area contributed by atoms with Gasteiger partial charge in [-0.25, -0.2) is 9.97 Å². The van der Waals surface area contributed by atoms with E-state index in [1.54, 1.807) is 18.6 Å². The van der Waals surface area contributed by atoms with Crippen molar-refractivity contribution in [3.8, 4) is 5.88 Å². The molecule has 0 aromatic carbocycles. The summed E-state index contributed by atoms with van der Waals surface area (Å²) in [7, 11) is 0. The minimum Gasteiger partial charge on any atom is -0.476 e. The molecule has 0 N–H and O–H groups in total. The number of rotatable bonds is 4. The lowest BCUT2D eigenvalue weighted by Gasteiger charge is -2.18. The number of nitrogens with zero attached hydrogens (tertiary/aromatic N) is 4. The van der Waals surface area contributed by atoms with Crippen LogP contribution in [0.2, 0.25) is 0 Å². The van der Waals surface area contributed by atoms with Gasteiger partial charge in [0.1, 0.15) is 5.82 Å². The summed E-state index contributed by atoms with van der Waals surface area (Å²) in [5.41, 5.74) is -0.733. The monoisotopic (exact) mass is 324 g/mol. The molecule has 0 amide bonds. The number of hydrogen-bond acceptors (Lipinski definition) is 5. The van der Waals surface area contributed by atoms with Gasteiger partial charge in [-0.3, -0.25) is 4.98 Å². The molecule has 0 spiro atoms. The Morgan fingerprint density at radius 1 is 1.17 bits per heavy atom. The maximum absolute atomic E-state index is 12.5. The Morgan fingerprint density at radius 3 is 2.70 bits per heavy atom. The quantitative estimate of drug-likeness (QED) is 0.865. The second kappa shape index (κ2) is 6.39. The summed E-state index contributed by atoms with van der Waals surface area (Å²) in [4.78, 5) is 13.8. The van der Waals surface area contributed by atoms with Crippen molar-refractivity contribution in [2.75, 3.05) is 24.6 Å². The molecule has 2 aromatic heterocycles. The lowest BCUT2D eigenvalue weighted by molar-refractivity contribution is -0.137. The molecule has 3 rings (SSSR count). The third kappa shape index (κ3) is 3.88. The molecule has 8 heteroatoms. The normalized spacial score (nSPS) is 18.2. The first-order valence-corrected chi connectivity index (χ1v) is 7.19. The second-order valence-corrected chi connectivity index (χ2v) is 5.36. The molecule has 1 saturated heterocycles. The van der Waals surface area contributed by atoms with Gasteiger partial charge in [0.05, 0.1) is 18.4 Å². The number of alkyl halides is 3. The van der Waals surface area contributed by atoms with Crippen molar-refractivity contribution in [2.45, 2.75) is 12.6 Å². The van der Waals surface area contributed by atoms with Crippen LogP contribution in [0.1, 0.15) is 12.0 Å². The van der Waals surface area contributed by atoms with E-state index < -0.39 is 11.7 Å². The van der Waals surface area contributed by atoms with Crippen LogP contribution >= 0.6 is 0 Å². The standard InChI is InChI=1S/C15H15F3N4O/c16-15(17,18)12-1-2-13(21-7-12)22-6-3-11(9-22)10-23-14-8-19-4-5-20-14/h1-2,4-5,7-8,11H,3,6,9-10H2. The number of ether oxygens (including phenoxy) is 1. The van der Waals surface area contributed by atoms with Gasteiger partial charge in [-0.2, -0.15) is 13.2 Å². The fraction of sp³-hybridized carbons (Fsp3) is 0.400. The van der Waals surface area contributed by atoms with E-state index >= 15 is 0 Å². The summed E-state index contributed by atoms with van der Waals surface area (Å²) in [6.07, 6.45) is 2.08. The minimum absolute atomic E-state index is 0.279. The molecule has 0 saturated carbocycles. The minimum atomic E-state index is -4.36. The van der Waals surface area contributed by atoms with Gasteiger partial charge in [0.2, 0.25) is 5.88 Å². The molecular formula is C15H15F3N4O. The predicted molar refractivity (Wildman–Crippen MR) is 77.1 cm³/mol. The van der Waals surface area contributed by atoms with Gasteiger partial charge in [0, 0.05) is 37.6 Å². The van der Waals surface area contributed by atoms with E-state index in [-0.39, 0.29) is 5.92 Å². The number of aromatic nitrogens is 3. The second-order valence-electron chi connectivity index (χ2n) is 5.36. The summed E-state index contributed by atoms with van der Waals surface area (Å²) < 4.78 is 43.2. The third-order valence-corrected chi connectivity index (χ3v) is 3.69. The first kappa shape index (κ1) is 15.5. The van der Waals surface area contributed by atoms with Gasteiger partial charge in [0.15, 0.2) is 0 Å². The van der Waals surface area contributed by atoms with Crippen molar-refractivity contribution in [3.63, 3.8) is 0 Å². The maximum Gasteiger partial charge on any atom is 0.417 e. The molecule has 122 valence electrons. The number of hydrogen-bond donors (Lipinski definition) is 0. The van der Waals surface area contributed by atoms with Crippen LogP contribution in [0, 0.1) is 5.92 Å². The Bertz CT molecular complexity index is 633. The molecule has 0 aliphatic carbocycles. The number of anilines is 1. The highest BCUT2D eigenvalue weighted by Crippen LogP contribution is 2.30. The van der Waals surface area contributed by atoms with Crippen molar-refractivity contribution in [3.05, 3.63) is 42.5 Å². The van der Waals surface area contributed by atoms with Crippen molar-refractivity contribution < 1.29 is 17.9 Å². The smallest absolute Gasteiger partial charge is 0.417 e. The van der Waals surface area contributed by atoms with E-state index in [1.165, 1.54) is 6.07 Å². The van der Waals surface area contributed by atoms with Gasteiger partial charge in [-0.1, -0.05) is 0 Å². The third-order valence-electron chi connectivity index (χ3n) is 3.69. The lowest BCUT2D eigenvalue weighted by atomic mass is 10.1. The number of pyridine rings is 1. The van der Waals surface area contributed by atoms with Crippen molar-refractivity contribution in [1.29, 1.82) is 0 Å². The Hall–Kier alpha value is -2.38. The molecule has 1 atom stereocenters. The van der Waals surface area contributed by atoms with Gasteiger partial charge >= 0.3 is 6.18 Å². The molecule has 1 aliphatic rings. The molecule has 3 heterocycles. The Morgan fingerprint density at radius 2 is 2.04 bits per heavy atom. The molecule has 2 aromatic rings. The summed E-state index contributed by atoms with van der Waals surface area (Å²) in [5, 5.41) is 0. The summed E-state index contributed by atoms with van der Waals surface area (Å²) in [6.45, 7) is 1.93. The van der Waals surface area contributed by atoms with E-state index in [0.29, 0.717) is 24.8 Å². The Balaban J connectivity index is 1.55. The predicted octanol–water partition coefficient (Wildman–Crippen LogP) is 2.80. The SMILES string of the molecule is FC(F)(F)c1ccc(N2CCC(COc3cnccn3)C2)nc1. The van der Waals surface area contributed by atoms with Crippen LogP contribution < -0.4 is 9.64 Å². The first-order chi connectivity index (χ1) is 11.0.